The summed E-state index contributed by atoms with van der Waals surface area (Å²) in [5.74, 6) is -1.21. The Morgan fingerprint density at radius 1 is 1.19 bits per heavy atom. The summed E-state index contributed by atoms with van der Waals surface area (Å²) in [7, 11) is -1.04. The summed E-state index contributed by atoms with van der Waals surface area (Å²) >= 11 is 0. The lowest BCUT2D eigenvalue weighted by Gasteiger charge is -2.32. The Hall–Kier alpha value is -2.39. The van der Waals surface area contributed by atoms with E-state index in [9.17, 15) is 19.1 Å². The number of amides is 1. The van der Waals surface area contributed by atoms with Gasteiger partial charge < -0.3 is 24.5 Å². The highest BCUT2D eigenvalue weighted by molar-refractivity contribution is 6.53. The van der Waals surface area contributed by atoms with Crippen LogP contribution in [0.4, 0.5) is 9.18 Å². The highest BCUT2D eigenvalue weighted by atomic mass is 19.1. The first kappa shape index (κ1) is 23.3. The minimum absolute atomic E-state index is 0.0502. The van der Waals surface area contributed by atoms with Crippen molar-refractivity contribution in [1.29, 1.82) is 0 Å². The first-order chi connectivity index (χ1) is 14.5. The van der Waals surface area contributed by atoms with Gasteiger partial charge in [0.15, 0.2) is 0 Å². The van der Waals surface area contributed by atoms with Gasteiger partial charge >= 0.3 is 19.2 Å². The standard InChI is InChI=1S/C22H29BFNO6/c1-21(2)22(3,4)31-23(30-21)18(24)16-10-15(11-16)12-17(19(26)27)25-20(28)29-13-14-8-6-5-7-9-14/h5-9,15,17H,10-13H2,1-4H3,(H,25,28)(H,26,27). The van der Waals surface area contributed by atoms with Crippen LogP contribution in [0.25, 0.3) is 0 Å². The molecule has 1 aromatic carbocycles. The number of rotatable bonds is 7. The molecule has 0 spiro atoms. The molecule has 1 saturated carbocycles. The third kappa shape index (κ3) is 5.46. The lowest BCUT2D eigenvalue weighted by molar-refractivity contribution is -0.140. The molecule has 2 fully saturated rings. The van der Waals surface area contributed by atoms with Gasteiger partial charge in [0.1, 0.15) is 18.4 Å². The molecule has 7 nitrogen and oxygen atoms in total. The van der Waals surface area contributed by atoms with Crippen molar-refractivity contribution in [1.82, 2.24) is 5.32 Å². The number of halogens is 1. The summed E-state index contributed by atoms with van der Waals surface area (Å²) in [4.78, 5) is 23.5. The molecule has 1 unspecified atom stereocenters. The molecule has 168 valence electrons. The predicted octanol–water partition coefficient (Wildman–Crippen LogP) is 4.02. The van der Waals surface area contributed by atoms with Crippen LogP contribution < -0.4 is 5.32 Å². The minimum atomic E-state index is -1.15. The van der Waals surface area contributed by atoms with Crippen molar-refractivity contribution < 1.29 is 33.1 Å². The number of hydrogen-bond donors (Lipinski definition) is 2. The van der Waals surface area contributed by atoms with Crippen LogP contribution in [0.1, 0.15) is 52.5 Å². The second-order valence-electron chi connectivity index (χ2n) is 9.15. The molecule has 1 saturated heterocycles. The SMILES string of the molecule is CC1(C)OB(C(F)=C2CC(CC(NC(=O)OCc3ccccc3)C(=O)O)C2)OC1(C)C. The van der Waals surface area contributed by atoms with Crippen molar-refractivity contribution in [3.8, 4) is 0 Å². The number of carboxylic acid groups (broad SMARTS) is 1. The van der Waals surface area contributed by atoms with E-state index in [0.29, 0.717) is 18.4 Å². The average molecular weight is 433 g/mol. The molecule has 1 heterocycles. The van der Waals surface area contributed by atoms with Crippen molar-refractivity contribution >= 4 is 19.2 Å². The first-order valence-corrected chi connectivity index (χ1v) is 10.4. The number of carbonyl (C=O) groups excluding carboxylic acids is 1. The fourth-order valence-corrected chi connectivity index (χ4v) is 3.57. The van der Waals surface area contributed by atoms with Gasteiger partial charge in [-0.05, 0) is 64.0 Å². The Bertz CT molecular complexity index is 833. The summed E-state index contributed by atoms with van der Waals surface area (Å²) < 4.78 is 31.4. The molecule has 31 heavy (non-hydrogen) atoms. The van der Waals surface area contributed by atoms with Crippen LogP contribution in [-0.2, 0) is 25.4 Å². The number of carboxylic acids is 1. The molecule has 1 amide bonds. The van der Waals surface area contributed by atoms with Gasteiger partial charge in [0.2, 0.25) is 0 Å². The van der Waals surface area contributed by atoms with Crippen molar-refractivity contribution in [2.45, 2.75) is 70.8 Å². The zero-order valence-electron chi connectivity index (χ0n) is 18.3. The van der Waals surface area contributed by atoms with Crippen molar-refractivity contribution in [3.05, 3.63) is 47.2 Å². The maximum atomic E-state index is 14.8. The van der Waals surface area contributed by atoms with Crippen LogP contribution in [-0.4, -0.2) is 41.5 Å². The van der Waals surface area contributed by atoms with Gasteiger partial charge in [-0.3, -0.25) is 0 Å². The molecule has 1 aliphatic carbocycles. The van der Waals surface area contributed by atoms with Crippen LogP contribution in [0, 0.1) is 5.92 Å². The largest absolute Gasteiger partial charge is 0.525 e. The van der Waals surface area contributed by atoms with Gasteiger partial charge in [0, 0.05) is 0 Å². The molecule has 2 aliphatic rings. The fourth-order valence-electron chi connectivity index (χ4n) is 3.57. The van der Waals surface area contributed by atoms with E-state index in [0.717, 1.165) is 5.56 Å². The Morgan fingerprint density at radius 2 is 1.77 bits per heavy atom. The molecule has 0 aromatic heterocycles. The van der Waals surface area contributed by atoms with Crippen LogP contribution in [0.15, 0.2) is 41.6 Å². The van der Waals surface area contributed by atoms with Crippen LogP contribution in [0.5, 0.6) is 0 Å². The van der Waals surface area contributed by atoms with Crippen LogP contribution >= 0.6 is 0 Å². The Kier molecular flexibility index (Phi) is 6.76. The van der Waals surface area contributed by atoms with Gasteiger partial charge in [0.05, 0.1) is 11.2 Å². The number of hydrogen-bond acceptors (Lipinski definition) is 5. The third-order valence-corrected chi connectivity index (χ3v) is 6.24. The third-order valence-electron chi connectivity index (χ3n) is 6.24. The topological polar surface area (TPSA) is 94.1 Å². The maximum Gasteiger partial charge on any atom is 0.525 e. The molecule has 0 bridgehead atoms. The van der Waals surface area contributed by atoms with Gasteiger partial charge in [-0.15, -0.1) is 0 Å². The number of allylic oxidation sites excluding steroid dienone is 1. The maximum absolute atomic E-state index is 14.8. The summed E-state index contributed by atoms with van der Waals surface area (Å²) in [5.41, 5.74) is -0.318. The predicted molar refractivity (Wildman–Crippen MR) is 113 cm³/mol. The molecule has 1 aliphatic heterocycles. The summed E-state index contributed by atoms with van der Waals surface area (Å²) in [5, 5.41) is 11.8. The summed E-state index contributed by atoms with van der Waals surface area (Å²) in [6.45, 7) is 7.47. The van der Waals surface area contributed by atoms with E-state index in [1.165, 1.54) is 0 Å². The second-order valence-corrected chi connectivity index (χ2v) is 9.15. The molecule has 2 N–H and O–H groups in total. The van der Waals surface area contributed by atoms with E-state index in [4.69, 9.17) is 14.0 Å². The molecule has 1 aromatic rings. The number of nitrogens with one attached hydrogen (secondary N) is 1. The zero-order chi connectivity index (χ0) is 22.8. The number of ether oxygens (including phenoxy) is 1. The number of benzene rings is 1. The smallest absolute Gasteiger partial charge is 0.480 e. The van der Waals surface area contributed by atoms with E-state index < -0.39 is 42.2 Å². The monoisotopic (exact) mass is 433 g/mol. The van der Waals surface area contributed by atoms with E-state index >= 15 is 0 Å². The summed E-state index contributed by atoms with van der Waals surface area (Å²) in [6.07, 6.45) is 0.200. The van der Waals surface area contributed by atoms with Gasteiger partial charge in [-0.1, -0.05) is 30.3 Å². The number of carbonyl (C=O) groups is 2. The highest BCUT2D eigenvalue weighted by Gasteiger charge is 2.54. The van der Waals surface area contributed by atoms with Gasteiger partial charge in [-0.2, -0.15) is 0 Å². The molecular formula is C22H29BFNO6. The van der Waals surface area contributed by atoms with Crippen molar-refractivity contribution in [2.75, 3.05) is 0 Å². The Balaban J connectivity index is 1.49. The van der Waals surface area contributed by atoms with Crippen LogP contribution in [0.2, 0.25) is 0 Å². The lowest BCUT2D eigenvalue weighted by Crippen LogP contribution is -2.43. The molecular weight excluding hydrogens is 404 g/mol. The quantitative estimate of drug-likeness (QED) is 0.631. The summed E-state index contributed by atoms with van der Waals surface area (Å²) in [6, 6.07) is 8.00. The Morgan fingerprint density at radius 3 is 2.32 bits per heavy atom. The molecule has 3 rings (SSSR count). The second kappa shape index (κ2) is 9.00. The normalized spacial score (nSPS) is 22.4. The molecule has 1 atom stereocenters. The van der Waals surface area contributed by atoms with E-state index in [1.807, 2.05) is 45.9 Å². The number of alkyl carbamates (subject to hydrolysis) is 1. The average Bonchev–Trinajstić information content (AvgIpc) is 2.89. The van der Waals surface area contributed by atoms with E-state index in [2.05, 4.69) is 5.32 Å². The van der Waals surface area contributed by atoms with Crippen molar-refractivity contribution in [2.24, 2.45) is 5.92 Å². The first-order valence-electron chi connectivity index (χ1n) is 10.4. The van der Waals surface area contributed by atoms with Gasteiger partial charge in [-0.25, -0.2) is 14.0 Å². The fraction of sp³-hybridized carbons (Fsp3) is 0.545. The Labute approximate surface area is 182 Å². The lowest BCUT2D eigenvalue weighted by atomic mass is 9.70. The highest BCUT2D eigenvalue weighted by Crippen LogP contribution is 2.44. The molecule has 0 radical (unpaired) electrons. The number of aliphatic carboxylic acids is 1. The minimum Gasteiger partial charge on any atom is -0.480 e. The van der Waals surface area contributed by atoms with E-state index in [-0.39, 0.29) is 18.9 Å². The van der Waals surface area contributed by atoms with Crippen molar-refractivity contribution in [3.63, 3.8) is 0 Å². The van der Waals surface area contributed by atoms with Crippen LogP contribution in [0.3, 0.4) is 0 Å². The van der Waals surface area contributed by atoms with Gasteiger partial charge in [0.25, 0.3) is 0 Å². The molecule has 9 heteroatoms. The van der Waals surface area contributed by atoms with E-state index in [1.54, 1.807) is 12.1 Å². The zero-order valence-corrected chi connectivity index (χ0v) is 18.3.